The third kappa shape index (κ3) is 3.45. The van der Waals surface area contributed by atoms with E-state index in [0.717, 1.165) is 24.3 Å². The van der Waals surface area contributed by atoms with Crippen molar-refractivity contribution in [3.8, 4) is 5.75 Å². The zero-order valence-corrected chi connectivity index (χ0v) is 16.1. The van der Waals surface area contributed by atoms with Gasteiger partial charge in [-0.2, -0.15) is 0 Å². The third-order valence-electron chi connectivity index (χ3n) is 5.20. The molecule has 0 amide bonds. The van der Waals surface area contributed by atoms with Gasteiger partial charge < -0.3 is 9.84 Å². The molecule has 1 N–H and O–H groups in total. The first-order chi connectivity index (χ1) is 13.2. The first kappa shape index (κ1) is 18.0. The van der Waals surface area contributed by atoms with Crippen LogP contribution >= 0.6 is 11.3 Å². The maximum Gasteiger partial charge on any atom is 0.320 e. The van der Waals surface area contributed by atoms with Crippen LogP contribution in [0.15, 0.2) is 53.9 Å². The highest BCUT2D eigenvalue weighted by atomic mass is 32.1. The SMILES string of the molecule is CCOc1cccc(C(c2csc3ccccc23)N2CCCC2C(=O)O)c1. The number of benzene rings is 2. The molecule has 1 saturated heterocycles. The van der Waals surface area contributed by atoms with Crippen LogP contribution in [-0.2, 0) is 4.79 Å². The lowest BCUT2D eigenvalue weighted by molar-refractivity contribution is -0.142. The van der Waals surface area contributed by atoms with E-state index in [4.69, 9.17) is 4.74 Å². The van der Waals surface area contributed by atoms with Gasteiger partial charge in [-0.05, 0) is 59.9 Å². The van der Waals surface area contributed by atoms with E-state index < -0.39 is 12.0 Å². The second-order valence-electron chi connectivity index (χ2n) is 6.83. The Balaban J connectivity index is 1.85. The maximum atomic E-state index is 11.9. The molecular formula is C22H23NO3S. The predicted octanol–water partition coefficient (Wildman–Crippen LogP) is 4.94. The van der Waals surface area contributed by atoms with Crippen LogP contribution in [-0.4, -0.2) is 35.2 Å². The summed E-state index contributed by atoms with van der Waals surface area (Å²) in [5, 5.41) is 13.1. The second-order valence-corrected chi connectivity index (χ2v) is 7.74. The zero-order chi connectivity index (χ0) is 18.8. The van der Waals surface area contributed by atoms with Gasteiger partial charge in [0.25, 0.3) is 0 Å². The highest BCUT2D eigenvalue weighted by Crippen LogP contribution is 2.41. The summed E-state index contributed by atoms with van der Waals surface area (Å²) >= 11 is 1.71. The summed E-state index contributed by atoms with van der Waals surface area (Å²) in [4.78, 5) is 14.0. The maximum absolute atomic E-state index is 11.9. The van der Waals surface area contributed by atoms with Gasteiger partial charge in [0.2, 0.25) is 0 Å². The van der Waals surface area contributed by atoms with Crippen molar-refractivity contribution >= 4 is 27.4 Å². The Labute approximate surface area is 163 Å². The number of carboxylic acids is 1. The average Bonchev–Trinajstić information content (AvgIpc) is 3.31. The molecule has 27 heavy (non-hydrogen) atoms. The Kier molecular flexibility index (Phi) is 5.14. The first-order valence-electron chi connectivity index (χ1n) is 9.36. The van der Waals surface area contributed by atoms with Crippen LogP contribution in [0, 0.1) is 0 Å². The van der Waals surface area contributed by atoms with Gasteiger partial charge in [-0.3, -0.25) is 9.69 Å². The van der Waals surface area contributed by atoms with E-state index in [9.17, 15) is 9.90 Å². The number of hydrogen-bond donors (Lipinski definition) is 1. The summed E-state index contributed by atoms with van der Waals surface area (Å²) in [5.74, 6) is 0.0867. The molecule has 1 fully saturated rings. The monoisotopic (exact) mass is 381 g/mol. The van der Waals surface area contributed by atoms with Crippen molar-refractivity contribution in [2.24, 2.45) is 0 Å². The van der Waals surface area contributed by atoms with Gasteiger partial charge in [0.05, 0.1) is 12.6 Å². The van der Waals surface area contributed by atoms with E-state index in [1.54, 1.807) is 11.3 Å². The minimum Gasteiger partial charge on any atom is -0.494 e. The minimum atomic E-state index is -0.738. The number of aliphatic carboxylic acids is 1. The quantitative estimate of drug-likeness (QED) is 0.657. The molecule has 140 valence electrons. The van der Waals surface area contributed by atoms with E-state index in [1.165, 1.54) is 15.6 Å². The van der Waals surface area contributed by atoms with Crippen LogP contribution in [0.2, 0.25) is 0 Å². The van der Waals surface area contributed by atoms with Crippen molar-refractivity contribution in [2.75, 3.05) is 13.2 Å². The van der Waals surface area contributed by atoms with E-state index in [1.807, 2.05) is 31.2 Å². The lowest BCUT2D eigenvalue weighted by atomic mass is 9.95. The van der Waals surface area contributed by atoms with Crippen molar-refractivity contribution in [1.82, 2.24) is 4.90 Å². The van der Waals surface area contributed by atoms with Crippen LogP contribution in [0.3, 0.4) is 0 Å². The summed E-state index contributed by atoms with van der Waals surface area (Å²) in [6, 6.07) is 15.9. The molecule has 2 unspecified atom stereocenters. The fourth-order valence-corrected chi connectivity index (χ4v) is 5.04. The van der Waals surface area contributed by atoms with Gasteiger partial charge in [-0.25, -0.2) is 0 Å². The topological polar surface area (TPSA) is 49.8 Å². The number of ether oxygens (including phenoxy) is 1. The van der Waals surface area contributed by atoms with Crippen LogP contribution in [0.25, 0.3) is 10.1 Å². The lowest BCUT2D eigenvalue weighted by Gasteiger charge is -2.32. The van der Waals surface area contributed by atoms with Gasteiger partial charge in [0, 0.05) is 11.2 Å². The second kappa shape index (κ2) is 7.71. The molecule has 1 aromatic heterocycles. The number of fused-ring (bicyclic) bond motifs is 1. The summed E-state index contributed by atoms with van der Waals surface area (Å²) in [7, 11) is 0. The predicted molar refractivity (Wildman–Crippen MR) is 109 cm³/mol. The fraction of sp³-hybridized carbons (Fsp3) is 0.318. The number of carbonyl (C=O) groups is 1. The summed E-state index contributed by atoms with van der Waals surface area (Å²) in [5.41, 5.74) is 2.26. The Hall–Kier alpha value is -2.37. The molecule has 2 aromatic carbocycles. The molecule has 2 heterocycles. The molecule has 1 aliphatic heterocycles. The first-order valence-corrected chi connectivity index (χ1v) is 10.2. The van der Waals surface area contributed by atoms with E-state index >= 15 is 0 Å². The molecule has 0 aliphatic carbocycles. The Bertz CT molecular complexity index is 951. The van der Waals surface area contributed by atoms with Crippen molar-refractivity contribution < 1.29 is 14.6 Å². The van der Waals surface area contributed by atoms with Crippen molar-refractivity contribution in [3.05, 3.63) is 65.0 Å². The van der Waals surface area contributed by atoms with Crippen molar-refractivity contribution in [1.29, 1.82) is 0 Å². The fourth-order valence-electron chi connectivity index (χ4n) is 4.06. The van der Waals surface area contributed by atoms with Gasteiger partial charge >= 0.3 is 5.97 Å². The number of thiophene rings is 1. The van der Waals surface area contributed by atoms with Gasteiger partial charge in [-0.15, -0.1) is 11.3 Å². The molecule has 4 rings (SSSR count). The molecule has 0 radical (unpaired) electrons. The molecule has 1 aliphatic rings. The highest BCUT2D eigenvalue weighted by Gasteiger charge is 2.37. The molecule has 4 nitrogen and oxygen atoms in total. The average molecular weight is 381 g/mol. The molecule has 3 aromatic rings. The lowest BCUT2D eigenvalue weighted by Crippen LogP contribution is -2.39. The molecule has 0 spiro atoms. The van der Waals surface area contributed by atoms with Gasteiger partial charge in [0.15, 0.2) is 0 Å². The number of nitrogens with zero attached hydrogens (tertiary/aromatic N) is 1. The zero-order valence-electron chi connectivity index (χ0n) is 15.3. The molecule has 0 saturated carbocycles. The third-order valence-corrected chi connectivity index (χ3v) is 6.18. The molecule has 0 bridgehead atoms. The smallest absolute Gasteiger partial charge is 0.320 e. The van der Waals surface area contributed by atoms with Crippen molar-refractivity contribution in [2.45, 2.75) is 31.8 Å². The van der Waals surface area contributed by atoms with Gasteiger partial charge in [0.1, 0.15) is 11.8 Å². The highest BCUT2D eigenvalue weighted by molar-refractivity contribution is 7.17. The Morgan fingerprint density at radius 3 is 2.96 bits per heavy atom. The number of carboxylic acid groups (broad SMARTS) is 1. The van der Waals surface area contributed by atoms with Crippen LogP contribution in [0.5, 0.6) is 5.75 Å². The Morgan fingerprint density at radius 2 is 2.15 bits per heavy atom. The van der Waals surface area contributed by atoms with E-state index in [-0.39, 0.29) is 6.04 Å². The molecular weight excluding hydrogens is 358 g/mol. The number of rotatable bonds is 6. The van der Waals surface area contributed by atoms with Crippen LogP contribution in [0.1, 0.15) is 36.9 Å². The van der Waals surface area contributed by atoms with Crippen molar-refractivity contribution in [3.63, 3.8) is 0 Å². The summed E-state index contributed by atoms with van der Waals surface area (Å²) < 4.78 is 6.93. The normalized spacial score (nSPS) is 18.6. The summed E-state index contributed by atoms with van der Waals surface area (Å²) in [6.45, 7) is 3.36. The van der Waals surface area contributed by atoms with E-state index in [2.05, 4.69) is 34.5 Å². The molecule has 5 heteroatoms. The molecule has 2 atom stereocenters. The largest absolute Gasteiger partial charge is 0.494 e. The Morgan fingerprint density at radius 1 is 1.30 bits per heavy atom. The standard InChI is InChI=1S/C22H23NO3S/c1-2-26-16-8-5-7-15(13-16)21(23-12-6-10-19(23)22(24)25)18-14-27-20-11-4-3-9-17(18)20/h3-5,7-9,11,13-14,19,21H,2,6,10,12H2,1H3,(H,24,25). The number of hydrogen-bond acceptors (Lipinski definition) is 4. The van der Waals surface area contributed by atoms with Crippen LogP contribution < -0.4 is 4.74 Å². The van der Waals surface area contributed by atoms with E-state index in [0.29, 0.717) is 13.0 Å². The summed E-state index contributed by atoms with van der Waals surface area (Å²) in [6.07, 6.45) is 1.60. The van der Waals surface area contributed by atoms with Crippen LogP contribution in [0.4, 0.5) is 0 Å². The minimum absolute atomic E-state index is 0.0924. The van der Waals surface area contributed by atoms with Gasteiger partial charge in [-0.1, -0.05) is 30.3 Å². The number of likely N-dealkylation sites (tertiary alicyclic amines) is 1.